The first-order chi connectivity index (χ1) is 7.65. The molecule has 2 rings (SSSR count). The second-order valence-corrected chi connectivity index (χ2v) is 3.49. The van der Waals surface area contributed by atoms with Gasteiger partial charge in [-0.3, -0.25) is 4.98 Å². The van der Waals surface area contributed by atoms with Gasteiger partial charge in [0.15, 0.2) is 0 Å². The summed E-state index contributed by atoms with van der Waals surface area (Å²) in [5.41, 5.74) is 2.66. The number of hydrogen-bond donors (Lipinski definition) is 0. The number of esters is 1. The van der Waals surface area contributed by atoms with Gasteiger partial charge in [0.1, 0.15) is 11.1 Å². The highest BCUT2D eigenvalue weighted by molar-refractivity contribution is 5.98. The van der Waals surface area contributed by atoms with E-state index >= 15 is 0 Å². The number of fused-ring (bicyclic) bond motifs is 1. The molecule has 16 heavy (non-hydrogen) atoms. The molecule has 0 radical (unpaired) electrons. The Morgan fingerprint density at radius 2 is 2.19 bits per heavy atom. The molecule has 2 heterocycles. The van der Waals surface area contributed by atoms with Crippen LogP contribution in [0, 0.1) is 13.8 Å². The van der Waals surface area contributed by atoms with Crippen LogP contribution in [-0.4, -0.2) is 27.2 Å². The molecule has 0 bridgehead atoms. The van der Waals surface area contributed by atoms with Gasteiger partial charge in [0, 0.05) is 12.4 Å². The van der Waals surface area contributed by atoms with Gasteiger partial charge in [-0.25, -0.2) is 9.31 Å². The molecule has 5 heteroatoms. The first kappa shape index (κ1) is 10.6. The van der Waals surface area contributed by atoms with Gasteiger partial charge in [-0.2, -0.15) is 5.10 Å². The minimum absolute atomic E-state index is 0.342. The van der Waals surface area contributed by atoms with Crippen LogP contribution in [0.1, 0.15) is 28.7 Å². The highest BCUT2D eigenvalue weighted by Gasteiger charge is 2.19. The second kappa shape index (κ2) is 3.92. The summed E-state index contributed by atoms with van der Waals surface area (Å²) in [6.07, 6.45) is 3.38. The van der Waals surface area contributed by atoms with Gasteiger partial charge < -0.3 is 4.74 Å². The molecule has 0 spiro atoms. The predicted octanol–water partition coefficient (Wildman–Crippen LogP) is 1.52. The zero-order chi connectivity index (χ0) is 11.7. The lowest BCUT2D eigenvalue weighted by Crippen LogP contribution is -2.06. The Morgan fingerprint density at radius 1 is 1.44 bits per heavy atom. The summed E-state index contributed by atoms with van der Waals surface area (Å²) in [4.78, 5) is 15.9. The van der Waals surface area contributed by atoms with Crippen LogP contribution >= 0.6 is 0 Å². The van der Waals surface area contributed by atoms with Gasteiger partial charge in [0.25, 0.3) is 0 Å². The molecule has 0 amide bonds. The second-order valence-electron chi connectivity index (χ2n) is 3.49. The summed E-state index contributed by atoms with van der Waals surface area (Å²) in [6, 6.07) is 0. The summed E-state index contributed by atoms with van der Waals surface area (Å²) in [5, 5.41) is 4.25. The maximum absolute atomic E-state index is 11.8. The molecule has 5 nitrogen and oxygen atoms in total. The van der Waals surface area contributed by atoms with E-state index in [2.05, 4.69) is 10.1 Å². The van der Waals surface area contributed by atoms with Gasteiger partial charge in [-0.15, -0.1) is 0 Å². The van der Waals surface area contributed by atoms with Crippen LogP contribution in [-0.2, 0) is 4.74 Å². The summed E-state index contributed by atoms with van der Waals surface area (Å²) in [7, 11) is 0. The predicted molar refractivity (Wildman–Crippen MR) is 58.4 cm³/mol. The van der Waals surface area contributed by atoms with E-state index in [0.717, 1.165) is 11.2 Å². The Balaban J connectivity index is 2.68. The molecule has 2 aromatic heterocycles. The summed E-state index contributed by atoms with van der Waals surface area (Å²) < 4.78 is 6.67. The Morgan fingerprint density at radius 3 is 2.88 bits per heavy atom. The topological polar surface area (TPSA) is 56.5 Å². The number of ether oxygens (including phenoxy) is 1. The average Bonchev–Trinajstić information content (AvgIpc) is 2.56. The summed E-state index contributed by atoms with van der Waals surface area (Å²) in [5.74, 6) is -0.342. The van der Waals surface area contributed by atoms with Crippen LogP contribution in [0.25, 0.3) is 5.52 Å². The number of rotatable bonds is 2. The van der Waals surface area contributed by atoms with Crippen molar-refractivity contribution >= 4 is 11.5 Å². The van der Waals surface area contributed by atoms with E-state index < -0.39 is 0 Å². The molecule has 2 aromatic rings. The molecule has 0 aliphatic carbocycles. The van der Waals surface area contributed by atoms with E-state index in [4.69, 9.17) is 4.74 Å². The third-order valence-corrected chi connectivity index (χ3v) is 2.38. The van der Waals surface area contributed by atoms with Crippen molar-refractivity contribution in [1.82, 2.24) is 14.6 Å². The van der Waals surface area contributed by atoms with Crippen molar-refractivity contribution in [3.8, 4) is 0 Å². The minimum atomic E-state index is -0.342. The van der Waals surface area contributed by atoms with E-state index in [9.17, 15) is 4.79 Å². The van der Waals surface area contributed by atoms with Crippen LogP contribution in [0.5, 0.6) is 0 Å². The van der Waals surface area contributed by atoms with Crippen LogP contribution in [0.15, 0.2) is 12.4 Å². The summed E-state index contributed by atoms with van der Waals surface area (Å²) in [6.45, 7) is 5.77. The van der Waals surface area contributed by atoms with E-state index in [0.29, 0.717) is 17.9 Å². The van der Waals surface area contributed by atoms with Crippen molar-refractivity contribution in [2.24, 2.45) is 0 Å². The molecule has 0 aliphatic heterocycles. The van der Waals surface area contributed by atoms with Crippen molar-refractivity contribution in [2.45, 2.75) is 20.8 Å². The van der Waals surface area contributed by atoms with Gasteiger partial charge in [-0.1, -0.05) is 0 Å². The molecule has 0 unspecified atom stereocenters. The van der Waals surface area contributed by atoms with E-state index in [1.54, 1.807) is 30.8 Å². The molecule has 0 saturated heterocycles. The maximum Gasteiger partial charge on any atom is 0.342 e. The molecule has 0 fully saturated rings. The molecule has 0 N–H and O–H groups in total. The van der Waals surface area contributed by atoms with Crippen molar-refractivity contribution in [3.63, 3.8) is 0 Å². The number of aromatic nitrogens is 3. The molecular formula is C11H13N3O2. The fourth-order valence-electron chi connectivity index (χ4n) is 1.72. The molecule has 0 saturated carbocycles. The van der Waals surface area contributed by atoms with E-state index in [1.807, 2.05) is 6.92 Å². The van der Waals surface area contributed by atoms with Crippen LogP contribution in [0.3, 0.4) is 0 Å². The van der Waals surface area contributed by atoms with E-state index in [-0.39, 0.29) is 5.97 Å². The zero-order valence-electron chi connectivity index (χ0n) is 9.52. The first-order valence-corrected chi connectivity index (χ1v) is 5.12. The Hall–Kier alpha value is -1.91. The van der Waals surface area contributed by atoms with Crippen molar-refractivity contribution in [2.75, 3.05) is 6.61 Å². The largest absolute Gasteiger partial charge is 0.462 e. The monoisotopic (exact) mass is 219 g/mol. The van der Waals surface area contributed by atoms with Gasteiger partial charge in [-0.05, 0) is 20.8 Å². The van der Waals surface area contributed by atoms with Gasteiger partial charge >= 0.3 is 5.97 Å². The number of aryl methyl sites for hydroxylation is 2. The maximum atomic E-state index is 11.8. The van der Waals surface area contributed by atoms with Gasteiger partial charge in [0.05, 0.1) is 18.0 Å². The smallest absolute Gasteiger partial charge is 0.342 e. The quantitative estimate of drug-likeness (QED) is 0.718. The molecular weight excluding hydrogens is 206 g/mol. The lowest BCUT2D eigenvalue weighted by molar-refractivity contribution is 0.0527. The van der Waals surface area contributed by atoms with Crippen molar-refractivity contribution in [1.29, 1.82) is 0 Å². The number of carbonyl (C=O) groups excluding carboxylic acids is 1. The van der Waals surface area contributed by atoms with Gasteiger partial charge in [0.2, 0.25) is 0 Å². The Labute approximate surface area is 93.1 Å². The number of nitrogens with zero attached hydrogens (tertiary/aromatic N) is 3. The lowest BCUT2D eigenvalue weighted by atomic mass is 10.2. The van der Waals surface area contributed by atoms with Crippen LogP contribution < -0.4 is 0 Å². The third kappa shape index (κ3) is 1.54. The number of hydrogen-bond acceptors (Lipinski definition) is 4. The fraction of sp³-hybridized carbons (Fsp3) is 0.364. The highest BCUT2D eigenvalue weighted by Crippen LogP contribution is 2.18. The fourth-order valence-corrected chi connectivity index (χ4v) is 1.72. The van der Waals surface area contributed by atoms with Crippen LogP contribution in [0.2, 0.25) is 0 Å². The zero-order valence-corrected chi connectivity index (χ0v) is 9.52. The minimum Gasteiger partial charge on any atom is -0.462 e. The third-order valence-electron chi connectivity index (χ3n) is 2.38. The lowest BCUT2D eigenvalue weighted by Gasteiger charge is -2.02. The highest BCUT2D eigenvalue weighted by atomic mass is 16.5. The Kier molecular flexibility index (Phi) is 2.60. The molecule has 0 atom stereocenters. The molecule has 84 valence electrons. The average molecular weight is 219 g/mol. The Bertz CT molecular complexity index is 545. The SMILES string of the molecule is CCOC(=O)c1c(C)nn2ccnc(C)c12. The molecule has 0 aliphatic rings. The normalized spacial score (nSPS) is 10.7. The van der Waals surface area contributed by atoms with Crippen molar-refractivity contribution < 1.29 is 9.53 Å². The standard InChI is InChI=1S/C11H13N3O2/c1-4-16-11(15)9-7(2)13-14-6-5-12-8(3)10(9)14/h5-6H,4H2,1-3H3. The molecule has 0 aromatic carbocycles. The summed E-state index contributed by atoms with van der Waals surface area (Å²) >= 11 is 0. The number of carbonyl (C=O) groups is 1. The first-order valence-electron chi connectivity index (χ1n) is 5.12. The van der Waals surface area contributed by atoms with E-state index in [1.165, 1.54) is 0 Å². The van der Waals surface area contributed by atoms with Crippen LogP contribution in [0.4, 0.5) is 0 Å². The van der Waals surface area contributed by atoms with Crippen molar-refractivity contribution in [3.05, 3.63) is 29.3 Å².